The van der Waals surface area contributed by atoms with Gasteiger partial charge in [0.15, 0.2) is 5.82 Å². The van der Waals surface area contributed by atoms with Gasteiger partial charge in [-0.3, -0.25) is 19.1 Å². The maximum atomic E-state index is 12.3. The summed E-state index contributed by atoms with van der Waals surface area (Å²) in [4.78, 5) is 16.4. The van der Waals surface area contributed by atoms with Crippen LogP contribution in [0.5, 0.6) is 0 Å². The van der Waals surface area contributed by atoms with Crippen LogP contribution in [0.25, 0.3) is 22.2 Å². The number of anilines is 1. The Bertz CT molecular complexity index is 1030. The second kappa shape index (κ2) is 6.20. The number of hydrogen-bond donors (Lipinski definition) is 1. The SMILES string of the molecule is Cn1nc(NC(=O)Cn2ccc(-c3cccnc3)n2)c2ccccc21. The molecule has 4 rings (SSSR count). The van der Waals surface area contributed by atoms with Gasteiger partial charge in [0.05, 0.1) is 11.2 Å². The minimum Gasteiger partial charge on any atom is -0.307 e. The van der Waals surface area contributed by atoms with Crippen molar-refractivity contribution in [3.63, 3.8) is 0 Å². The number of carbonyl (C=O) groups excluding carboxylic acids is 1. The van der Waals surface area contributed by atoms with Crippen molar-refractivity contribution in [3.8, 4) is 11.3 Å². The maximum Gasteiger partial charge on any atom is 0.247 e. The fourth-order valence-electron chi connectivity index (χ4n) is 2.74. The lowest BCUT2D eigenvalue weighted by Crippen LogP contribution is -2.19. The minimum absolute atomic E-state index is 0.116. The number of nitrogens with one attached hydrogen (secondary N) is 1. The van der Waals surface area contributed by atoms with E-state index in [0.29, 0.717) is 5.82 Å². The average Bonchev–Trinajstić information content (AvgIpc) is 3.21. The molecule has 3 aromatic heterocycles. The molecule has 0 saturated heterocycles. The number of nitrogens with zero attached hydrogens (tertiary/aromatic N) is 5. The predicted octanol–water partition coefficient (Wildman–Crippen LogP) is 2.47. The minimum atomic E-state index is -0.176. The van der Waals surface area contributed by atoms with Gasteiger partial charge in [-0.15, -0.1) is 0 Å². The molecular weight excluding hydrogens is 316 g/mol. The Labute approximate surface area is 143 Å². The fraction of sp³-hybridized carbons (Fsp3) is 0.111. The van der Waals surface area contributed by atoms with Gasteiger partial charge in [0.2, 0.25) is 5.91 Å². The topological polar surface area (TPSA) is 77.6 Å². The molecule has 0 aliphatic rings. The summed E-state index contributed by atoms with van der Waals surface area (Å²) in [6.45, 7) is 0.116. The number of pyridine rings is 1. The van der Waals surface area contributed by atoms with Gasteiger partial charge in [0.1, 0.15) is 6.54 Å². The fourth-order valence-corrected chi connectivity index (χ4v) is 2.74. The van der Waals surface area contributed by atoms with E-state index in [4.69, 9.17) is 0 Å². The van der Waals surface area contributed by atoms with Gasteiger partial charge in [0.25, 0.3) is 0 Å². The number of aromatic nitrogens is 5. The highest BCUT2D eigenvalue weighted by Gasteiger charge is 2.12. The first kappa shape index (κ1) is 15.1. The summed E-state index contributed by atoms with van der Waals surface area (Å²) in [5.74, 6) is 0.382. The molecule has 7 heteroatoms. The normalized spacial score (nSPS) is 10.9. The molecule has 0 aliphatic heterocycles. The molecule has 0 bridgehead atoms. The maximum absolute atomic E-state index is 12.3. The Morgan fingerprint density at radius 1 is 1.12 bits per heavy atom. The second-order valence-corrected chi connectivity index (χ2v) is 5.68. The molecule has 124 valence electrons. The molecule has 0 fully saturated rings. The van der Waals surface area contributed by atoms with Crippen molar-refractivity contribution in [2.24, 2.45) is 7.05 Å². The van der Waals surface area contributed by atoms with E-state index in [1.54, 1.807) is 28.0 Å². The van der Waals surface area contributed by atoms with E-state index in [9.17, 15) is 4.79 Å². The lowest BCUT2D eigenvalue weighted by molar-refractivity contribution is -0.116. The van der Waals surface area contributed by atoms with E-state index < -0.39 is 0 Å². The highest BCUT2D eigenvalue weighted by Crippen LogP contribution is 2.21. The molecule has 1 N–H and O–H groups in total. The Morgan fingerprint density at radius 2 is 2.00 bits per heavy atom. The van der Waals surface area contributed by atoms with Gasteiger partial charge < -0.3 is 5.32 Å². The average molecular weight is 332 g/mol. The summed E-state index contributed by atoms with van der Waals surface area (Å²) >= 11 is 0. The Hall–Kier alpha value is -3.48. The van der Waals surface area contributed by atoms with E-state index in [1.165, 1.54) is 0 Å². The summed E-state index contributed by atoms with van der Waals surface area (Å²) in [6.07, 6.45) is 5.23. The molecule has 3 heterocycles. The lowest BCUT2D eigenvalue weighted by atomic mass is 10.2. The van der Waals surface area contributed by atoms with Crippen LogP contribution in [0.3, 0.4) is 0 Å². The molecule has 0 saturated carbocycles. The van der Waals surface area contributed by atoms with Gasteiger partial charge in [0, 0.05) is 36.6 Å². The largest absolute Gasteiger partial charge is 0.307 e. The summed E-state index contributed by atoms with van der Waals surface area (Å²) in [5.41, 5.74) is 2.66. The third-order valence-electron chi connectivity index (χ3n) is 3.92. The number of benzene rings is 1. The number of aryl methyl sites for hydroxylation is 1. The number of amides is 1. The van der Waals surface area contributed by atoms with Gasteiger partial charge in [-0.2, -0.15) is 10.2 Å². The zero-order valence-corrected chi connectivity index (χ0v) is 13.6. The molecule has 1 amide bonds. The highest BCUT2D eigenvalue weighted by molar-refractivity contribution is 5.99. The first-order valence-electron chi connectivity index (χ1n) is 7.86. The molecule has 0 radical (unpaired) electrons. The van der Waals surface area contributed by atoms with Gasteiger partial charge in [-0.1, -0.05) is 12.1 Å². The number of rotatable bonds is 4. The Kier molecular flexibility index (Phi) is 3.74. The van der Waals surface area contributed by atoms with Crippen molar-refractivity contribution >= 4 is 22.6 Å². The molecular formula is C18H16N6O. The molecule has 7 nitrogen and oxygen atoms in total. The Balaban J connectivity index is 1.50. The van der Waals surface area contributed by atoms with Crippen LogP contribution in [0.15, 0.2) is 61.1 Å². The van der Waals surface area contributed by atoms with Crippen LogP contribution in [0.4, 0.5) is 5.82 Å². The van der Waals surface area contributed by atoms with E-state index in [2.05, 4.69) is 20.5 Å². The van der Waals surface area contributed by atoms with E-state index in [1.807, 2.05) is 49.5 Å². The summed E-state index contributed by atoms with van der Waals surface area (Å²) in [6, 6.07) is 13.4. The molecule has 25 heavy (non-hydrogen) atoms. The number of carbonyl (C=O) groups is 1. The molecule has 0 atom stereocenters. The third kappa shape index (κ3) is 2.99. The molecule has 0 unspecified atom stereocenters. The van der Waals surface area contributed by atoms with Crippen molar-refractivity contribution in [1.82, 2.24) is 24.5 Å². The summed E-state index contributed by atoms with van der Waals surface area (Å²) in [7, 11) is 1.85. The van der Waals surface area contributed by atoms with Crippen LogP contribution < -0.4 is 5.32 Å². The molecule has 0 spiro atoms. The lowest BCUT2D eigenvalue weighted by Gasteiger charge is -2.03. The van der Waals surface area contributed by atoms with Gasteiger partial charge in [-0.05, 0) is 30.3 Å². The zero-order valence-electron chi connectivity index (χ0n) is 13.6. The second-order valence-electron chi connectivity index (χ2n) is 5.68. The van der Waals surface area contributed by atoms with E-state index >= 15 is 0 Å². The van der Waals surface area contributed by atoms with Crippen molar-refractivity contribution < 1.29 is 4.79 Å². The summed E-state index contributed by atoms with van der Waals surface area (Å²) < 4.78 is 3.35. The van der Waals surface area contributed by atoms with Crippen LogP contribution in [-0.2, 0) is 18.4 Å². The van der Waals surface area contributed by atoms with Crippen molar-refractivity contribution in [2.75, 3.05) is 5.32 Å². The summed E-state index contributed by atoms with van der Waals surface area (Å²) in [5, 5.41) is 12.6. The quantitative estimate of drug-likeness (QED) is 0.623. The highest BCUT2D eigenvalue weighted by atomic mass is 16.2. The number of hydrogen-bond acceptors (Lipinski definition) is 4. The van der Waals surface area contributed by atoms with Crippen LogP contribution in [0.2, 0.25) is 0 Å². The van der Waals surface area contributed by atoms with Crippen LogP contribution in [-0.4, -0.2) is 30.5 Å². The standard InChI is InChI=1S/C18H16N6O/c1-23-16-7-3-2-6-14(16)18(22-23)20-17(25)12-24-10-8-15(21-24)13-5-4-9-19-11-13/h2-11H,12H2,1H3,(H,20,22,25). The van der Waals surface area contributed by atoms with Crippen molar-refractivity contribution in [2.45, 2.75) is 6.54 Å². The van der Waals surface area contributed by atoms with Crippen molar-refractivity contribution in [1.29, 1.82) is 0 Å². The van der Waals surface area contributed by atoms with E-state index in [-0.39, 0.29) is 12.5 Å². The van der Waals surface area contributed by atoms with Crippen LogP contribution >= 0.6 is 0 Å². The number of fused-ring (bicyclic) bond motifs is 1. The molecule has 4 aromatic rings. The molecule has 0 aliphatic carbocycles. The van der Waals surface area contributed by atoms with Gasteiger partial charge in [-0.25, -0.2) is 0 Å². The number of para-hydroxylation sites is 1. The molecule has 1 aromatic carbocycles. The first-order valence-corrected chi connectivity index (χ1v) is 7.86. The van der Waals surface area contributed by atoms with Gasteiger partial charge >= 0.3 is 0 Å². The van der Waals surface area contributed by atoms with Crippen molar-refractivity contribution in [3.05, 3.63) is 61.1 Å². The predicted molar refractivity (Wildman–Crippen MR) is 94.8 cm³/mol. The van der Waals surface area contributed by atoms with Crippen LogP contribution in [0, 0.1) is 0 Å². The smallest absolute Gasteiger partial charge is 0.247 e. The monoisotopic (exact) mass is 332 g/mol. The van der Waals surface area contributed by atoms with E-state index in [0.717, 1.165) is 22.2 Å². The van der Waals surface area contributed by atoms with Crippen LogP contribution in [0.1, 0.15) is 0 Å². The first-order chi connectivity index (χ1) is 12.2. The zero-order chi connectivity index (χ0) is 17.2. The Morgan fingerprint density at radius 3 is 2.84 bits per heavy atom. The third-order valence-corrected chi connectivity index (χ3v) is 3.92.